The van der Waals surface area contributed by atoms with Gasteiger partial charge in [0, 0.05) is 11.8 Å². The summed E-state index contributed by atoms with van der Waals surface area (Å²) in [5.74, 6) is 0.697. The number of hydrogen-bond donors (Lipinski definition) is 1. The van der Waals surface area contributed by atoms with E-state index in [2.05, 4.69) is 5.32 Å². The minimum Gasteiger partial charge on any atom is -0.454 e. The third-order valence-corrected chi connectivity index (χ3v) is 5.09. The zero-order chi connectivity index (χ0) is 18.9. The molecule has 0 atom stereocenters. The van der Waals surface area contributed by atoms with Gasteiger partial charge in [0.1, 0.15) is 6.54 Å². The lowest BCUT2D eigenvalue weighted by molar-refractivity contribution is -0.114. The number of amides is 1. The number of sulfonamides is 1. The Morgan fingerprint density at radius 2 is 1.85 bits per heavy atom. The van der Waals surface area contributed by atoms with E-state index in [0.717, 1.165) is 21.7 Å². The molecule has 1 aliphatic rings. The molecule has 7 nitrogen and oxygen atoms in total. The molecule has 0 saturated carbocycles. The van der Waals surface area contributed by atoms with Crippen LogP contribution >= 0.6 is 0 Å². The second kappa shape index (κ2) is 6.87. The number of benzene rings is 2. The molecule has 3 rings (SSSR count). The van der Waals surface area contributed by atoms with E-state index in [1.165, 1.54) is 0 Å². The number of carbonyl (C=O) groups is 1. The molecule has 0 aliphatic carbocycles. The highest BCUT2D eigenvalue weighted by Gasteiger charge is 2.23. The van der Waals surface area contributed by atoms with Gasteiger partial charge in [0.05, 0.1) is 11.9 Å². The summed E-state index contributed by atoms with van der Waals surface area (Å²) in [4.78, 5) is 12.4. The number of anilines is 2. The Balaban J connectivity index is 1.80. The number of carbonyl (C=O) groups excluding carboxylic acids is 1. The lowest BCUT2D eigenvalue weighted by Gasteiger charge is -2.24. The molecule has 8 heteroatoms. The largest absolute Gasteiger partial charge is 0.454 e. The molecule has 0 saturated heterocycles. The van der Waals surface area contributed by atoms with Crippen LogP contribution in [0.15, 0.2) is 36.4 Å². The van der Waals surface area contributed by atoms with Gasteiger partial charge in [-0.25, -0.2) is 8.42 Å². The van der Waals surface area contributed by atoms with E-state index in [1.807, 2.05) is 26.0 Å². The fourth-order valence-corrected chi connectivity index (χ4v) is 3.69. The van der Waals surface area contributed by atoms with Crippen molar-refractivity contribution in [3.05, 3.63) is 47.5 Å². The molecule has 1 amide bonds. The molecule has 0 aromatic heterocycles. The van der Waals surface area contributed by atoms with Crippen molar-refractivity contribution in [1.82, 2.24) is 0 Å². The molecule has 0 spiro atoms. The molecule has 2 aromatic rings. The van der Waals surface area contributed by atoms with Gasteiger partial charge in [-0.1, -0.05) is 17.7 Å². The number of nitrogens with zero attached hydrogens (tertiary/aromatic N) is 1. The molecule has 0 bridgehead atoms. The summed E-state index contributed by atoms with van der Waals surface area (Å²) >= 11 is 0. The Morgan fingerprint density at radius 1 is 1.12 bits per heavy atom. The Hall–Kier alpha value is -2.74. The number of aryl methyl sites for hydroxylation is 2. The minimum atomic E-state index is -3.62. The van der Waals surface area contributed by atoms with Crippen molar-refractivity contribution in [3.63, 3.8) is 0 Å². The molecule has 1 heterocycles. The van der Waals surface area contributed by atoms with E-state index in [0.29, 0.717) is 22.9 Å². The van der Waals surface area contributed by atoms with Crippen LogP contribution in [-0.2, 0) is 14.8 Å². The first-order chi connectivity index (χ1) is 12.2. The predicted octanol–water partition coefficient (Wildman–Crippen LogP) is 2.44. The van der Waals surface area contributed by atoms with Gasteiger partial charge < -0.3 is 14.8 Å². The minimum absolute atomic E-state index is 0.140. The first kappa shape index (κ1) is 18.1. The summed E-state index contributed by atoms with van der Waals surface area (Å²) in [5, 5.41) is 2.69. The van der Waals surface area contributed by atoms with Gasteiger partial charge in [0.25, 0.3) is 0 Å². The van der Waals surface area contributed by atoms with E-state index in [9.17, 15) is 13.2 Å². The number of rotatable bonds is 5. The number of hydrogen-bond acceptors (Lipinski definition) is 5. The monoisotopic (exact) mass is 376 g/mol. The Kier molecular flexibility index (Phi) is 4.78. The summed E-state index contributed by atoms with van der Waals surface area (Å²) in [6, 6.07) is 10.4. The first-order valence-electron chi connectivity index (χ1n) is 7.98. The van der Waals surface area contributed by atoms with Crippen molar-refractivity contribution < 1.29 is 22.7 Å². The second-order valence-corrected chi connectivity index (χ2v) is 8.08. The van der Waals surface area contributed by atoms with Crippen LogP contribution in [0.5, 0.6) is 11.5 Å². The van der Waals surface area contributed by atoms with E-state index in [4.69, 9.17) is 9.47 Å². The van der Waals surface area contributed by atoms with E-state index < -0.39 is 15.9 Å². The van der Waals surface area contributed by atoms with E-state index >= 15 is 0 Å². The molecule has 0 unspecified atom stereocenters. The van der Waals surface area contributed by atoms with Crippen LogP contribution in [0.3, 0.4) is 0 Å². The zero-order valence-corrected chi connectivity index (χ0v) is 15.6. The molecule has 0 fully saturated rings. The zero-order valence-electron chi connectivity index (χ0n) is 14.8. The number of nitrogens with one attached hydrogen (secondary N) is 1. The standard InChI is InChI=1S/C18H20N2O5S/c1-12-4-6-15(13(2)8-12)20(26(3,22)23)10-18(21)19-14-5-7-16-17(9-14)25-11-24-16/h4-9H,10-11H2,1-3H3,(H,19,21). The van der Waals surface area contributed by atoms with Crippen molar-refractivity contribution >= 4 is 27.3 Å². The Labute approximate surface area is 152 Å². The summed E-state index contributed by atoms with van der Waals surface area (Å²) in [6.07, 6.45) is 1.08. The number of fused-ring (bicyclic) bond motifs is 1. The van der Waals surface area contributed by atoms with Gasteiger partial charge in [0.2, 0.25) is 22.7 Å². The molecule has 138 valence electrons. The average Bonchev–Trinajstić information content (AvgIpc) is 3.00. The first-order valence-corrected chi connectivity index (χ1v) is 9.83. The summed E-state index contributed by atoms with van der Waals surface area (Å²) in [7, 11) is -3.62. The molecular formula is C18H20N2O5S. The second-order valence-electron chi connectivity index (χ2n) is 6.18. The Morgan fingerprint density at radius 3 is 2.54 bits per heavy atom. The van der Waals surface area contributed by atoms with Gasteiger partial charge in [-0.2, -0.15) is 0 Å². The van der Waals surface area contributed by atoms with Crippen LogP contribution in [0.4, 0.5) is 11.4 Å². The highest BCUT2D eigenvalue weighted by molar-refractivity contribution is 7.92. The fraction of sp³-hybridized carbons (Fsp3) is 0.278. The molecule has 1 N–H and O–H groups in total. The average molecular weight is 376 g/mol. The summed E-state index contributed by atoms with van der Waals surface area (Å²) < 4.78 is 36.0. The fourth-order valence-electron chi connectivity index (χ4n) is 2.77. The van der Waals surface area contributed by atoms with Crippen LogP contribution < -0.4 is 19.1 Å². The normalized spacial score (nSPS) is 12.7. The third kappa shape index (κ3) is 3.91. The highest BCUT2D eigenvalue weighted by atomic mass is 32.2. The van der Waals surface area contributed by atoms with Crippen molar-refractivity contribution in [2.75, 3.05) is 29.2 Å². The van der Waals surface area contributed by atoms with E-state index in [-0.39, 0.29) is 13.3 Å². The molecule has 2 aromatic carbocycles. The topological polar surface area (TPSA) is 84.9 Å². The van der Waals surface area contributed by atoms with Crippen molar-refractivity contribution in [2.24, 2.45) is 0 Å². The maximum Gasteiger partial charge on any atom is 0.245 e. The van der Waals surface area contributed by atoms with Gasteiger partial charge in [-0.05, 0) is 37.6 Å². The van der Waals surface area contributed by atoms with Crippen LogP contribution in [-0.4, -0.2) is 33.9 Å². The lowest BCUT2D eigenvalue weighted by Crippen LogP contribution is -2.37. The maximum absolute atomic E-state index is 12.4. The van der Waals surface area contributed by atoms with Crippen LogP contribution in [0.2, 0.25) is 0 Å². The van der Waals surface area contributed by atoms with Gasteiger partial charge >= 0.3 is 0 Å². The Bertz CT molecular complexity index is 956. The van der Waals surface area contributed by atoms with Crippen LogP contribution in [0.1, 0.15) is 11.1 Å². The van der Waals surface area contributed by atoms with E-state index in [1.54, 1.807) is 24.3 Å². The van der Waals surface area contributed by atoms with Gasteiger partial charge in [-0.3, -0.25) is 9.10 Å². The van der Waals surface area contributed by atoms with Gasteiger partial charge in [0.15, 0.2) is 11.5 Å². The van der Waals surface area contributed by atoms with Crippen molar-refractivity contribution in [2.45, 2.75) is 13.8 Å². The summed E-state index contributed by atoms with van der Waals surface area (Å²) in [5.41, 5.74) is 2.79. The smallest absolute Gasteiger partial charge is 0.245 e. The van der Waals surface area contributed by atoms with Crippen LogP contribution in [0, 0.1) is 13.8 Å². The SMILES string of the molecule is Cc1ccc(N(CC(=O)Nc2ccc3c(c2)OCO3)S(C)(=O)=O)c(C)c1. The summed E-state index contributed by atoms with van der Waals surface area (Å²) in [6.45, 7) is 3.56. The quantitative estimate of drug-likeness (QED) is 0.866. The third-order valence-electron chi connectivity index (χ3n) is 3.96. The predicted molar refractivity (Wildman–Crippen MR) is 99.3 cm³/mol. The lowest BCUT2D eigenvalue weighted by atomic mass is 10.1. The molecule has 1 aliphatic heterocycles. The van der Waals surface area contributed by atoms with Gasteiger partial charge in [-0.15, -0.1) is 0 Å². The molecular weight excluding hydrogens is 356 g/mol. The van der Waals surface area contributed by atoms with Crippen molar-refractivity contribution in [3.8, 4) is 11.5 Å². The molecule has 26 heavy (non-hydrogen) atoms. The molecule has 0 radical (unpaired) electrons. The highest BCUT2D eigenvalue weighted by Crippen LogP contribution is 2.34. The maximum atomic E-state index is 12.4. The number of ether oxygens (including phenoxy) is 2. The van der Waals surface area contributed by atoms with Crippen molar-refractivity contribution in [1.29, 1.82) is 0 Å². The van der Waals surface area contributed by atoms with Crippen LogP contribution in [0.25, 0.3) is 0 Å².